The van der Waals surface area contributed by atoms with Crippen LogP contribution in [-0.4, -0.2) is 74.0 Å². The van der Waals surface area contributed by atoms with Gasteiger partial charge in [-0.2, -0.15) is 0 Å². The van der Waals surface area contributed by atoms with Crippen molar-refractivity contribution in [3.05, 3.63) is 34.5 Å². The number of quaternary nitrogens is 1. The number of ether oxygens (including phenoxy) is 2. The molecule has 0 aliphatic carbocycles. The summed E-state index contributed by atoms with van der Waals surface area (Å²) < 4.78 is 9.98. The first-order valence-electron chi connectivity index (χ1n) is 10.7. The number of nitrogens with one attached hydrogen (secondary N) is 3. The van der Waals surface area contributed by atoms with Crippen LogP contribution in [0.25, 0.3) is 0 Å². The third-order valence-electron chi connectivity index (χ3n) is 5.95. The SMILES string of the molecule is O=C1CCC([N+]2([O-])Cc3c(NCCCOC[C@H]4CNCCO4)cccc3C2=O)C(=O)N1. The van der Waals surface area contributed by atoms with Crippen molar-refractivity contribution < 1.29 is 28.5 Å². The van der Waals surface area contributed by atoms with Gasteiger partial charge < -0.3 is 25.3 Å². The van der Waals surface area contributed by atoms with E-state index in [0.29, 0.717) is 43.2 Å². The average Bonchev–Trinajstić information content (AvgIpc) is 3.03. The minimum atomic E-state index is -1.27. The van der Waals surface area contributed by atoms with Gasteiger partial charge >= 0.3 is 5.91 Å². The van der Waals surface area contributed by atoms with E-state index >= 15 is 0 Å². The number of amides is 3. The molecular weight excluding hydrogens is 404 g/mol. The Morgan fingerprint density at radius 1 is 1.29 bits per heavy atom. The zero-order valence-electron chi connectivity index (χ0n) is 17.4. The van der Waals surface area contributed by atoms with E-state index in [1.807, 2.05) is 6.07 Å². The lowest BCUT2D eigenvalue weighted by atomic mass is 10.0. The molecule has 3 atom stereocenters. The Bertz CT molecular complexity index is 856. The van der Waals surface area contributed by atoms with Crippen molar-refractivity contribution in [1.82, 2.24) is 10.6 Å². The van der Waals surface area contributed by atoms with Crippen LogP contribution in [0.4, 0.5) is 5.69 Å². The van der Waals surface area contributed by atoms with Crippen LogP contribution in [-0.2, 0) is 25.6 Å². The molecule has 3 amide bonds. The molecule has 0 aromatic heterocycles. The number of imide groups is 1. The number of nitrogens with zero attached hydrogens (tertiary/aromatic N) is 1. The van der Waals surface area contributed by atoms with Gasteiger partial charge in [-0.1, -0.05) is 6.07 Å². The molecule has 168 valence electrons. The molecule has 0 radical (unpaired) electrons. The molecule has 0 bridgehead atoms. The Morgan fingerprint density at radius 3 is 2.94 bits per heavy atom. The summed E-state index contributed by atoms with van der Waals surface area (Å²) in [6, 6.07) is 4.07. The monoisotopic (exact) mass is 432 g/mol. The molecule has 10 nitrogen and oxygen atoms in total. The van der Waals surface area contributed by atoms with Crippen molar-refractivity contribution in [1.29, 1.82) is 0 Å². The minimum Gasteiger partial charge on any atom is -0.624 e. The van der Waals surface area contributed by atoms with Gasteiger partial charge in [0, 0.05) is 50.3 Å². The first kappa shape index (κ1) is 21.8. The molecule has 2 unspecified atom stereocenters. The molecule has 3 aliphatic heterocycles. The Labute approximate surface area is 180 Å². The van der Waals surface area contributed by atoms with Crippen LogP contribution in [0.3, 0.4) is 0 Å². The first-order chi connectivity index (χ1) is 15.0. The maximum absolute atomic E-state index is 13.4. The molecule has 10 heteroatoms. The van der Waals surface area contributed by atoms with Gasteiger partial charge in [0.15, 0.2) is 6.04 Å². The maximum atomic E-state index is 13.4. The lowest BCUT2D eigenvalue weighted by Gasteiger charge is -2.42. The number of carbonyl (C=O) groups is 3. The second-order valence-electron chi connectivity index (χ2n) is 8.11. The van der Waals surface area contributed by atoms with Crippen LogP contribution < -0.4 is 16.0 Å². The number of hydrogen-bond acceptors (Lipinski definition) is 8. The number of benzene rings is 1. The minimum absolute atomic E-state index is 0.0648. The Morgan fingerprint density at radius 2 is 2.16 bits per heavy atom. The van der Waals surface area contributed by atoms with Crippen molar-refractivity contribution in [3.63, 3.8) is 0 Å². The standard InChI is InChI=1S/C21H28N4O6/c26-19-6-5-18(20(27)24-19)25(29)12-16-15(21(25)28)3-1-4-17(16)23-7-2-9-30-13-14-11-22-8-10-31-14/h1,3-4,14,18,22-23H,2,5-13H2,(H,24,26,27)/t14-,18?,25?/m1/s1. The highest BCUT2D eigenvalue weighted by molar-refractivity contribution is 6.02. The van der Waals surface area contributed by atoms with E-state index in [4.69, 9.17) is 9.47 Å². The normalized spacial score (nSPS) is 28.4. The number of anilines is 1. The van der Waals surface area contributed by atoms with Crippen molar-refractivity contribution in [3.8, 4) is 0 Å². The summed E-state index contributed by atoms with van der Waals surface area (Å²) in [5.41, 5.74) is 1.67. The summed E-state index contributed by atoms with van der Waals surface area (Å²) in [7, 11) is 0. The summed E-state index contributed by atoms with van der Waals surface area (Å²) in [6.07, 6.45) is 0.978. The Balaban J connectivity index is 1.32. The molecule has 0 saturated carbocycles. The third kappa shape index (κ3) is 4.63. The molecule has 1 aromatic carbocycles. The predicted molar refractivity (Wildman–Crippen MR) is 111 cm³/mol. The summed E-state index contributed by atoms with van der Waals surface area (Å²) in [5, 5.41) is 22.2. The fourth-order valence-electron chi connectivity index (χ4n) is 4.30. The molecule has 3 N–H and O–H groups in total. The smallest absolute Gasteiger partial charge is 0.347 e. The van der Waals surface area contributed by atoms with Gasteiger partial charge in [-0.3, -0.25) is 19.6 Å². The first-order valence-corrected chi connectivity index (χ1v) is 10.7. The largest absolute Gasteiger partial charge is 0.624 e. The van der Waals surface area contributed by atoms with Crippen LogP contribution in [0.1, 0.15) is 35.2 Å². The van der Waals surface area contributed by atoms with Gasteiger partial charge in [-0.05, 0) is 18.6 Å². The molecule has 1 aromatic rings. The second-order valence-corrected chi connectivity index (χ2v) is 8.11. The third-order valence-corrected chi connectivity index (χ3v) is 5.95. The highest BCUT2D eigenvalue weighted by atomic mass is 16.6. The summed E-state index contributed by atoms with van der Waals surface area (Å²) in [4.78, 5) is 36.5. The van der Waals surface area contributed by atoms with E-state index in [-0.39, 0.29) is 25.5 Å². The molecular formula is C21H28N4O6. The molecule has 2 saturated heterocycles. The fourth-order valence-corrected chi connectivity index (χ4v) is 4.30. The van der Waals surface area contributed by atoms with Crippen molar-refractivity contribution in [2.24, 2.45) is 0 Å². The van der Waals surface area contributed by atoms with Crippen LogP contribution >= 0.6 is 0 Å². The maximum Gasteiger partial charge on any atom is 0.347 e. The zero-order chi connectivity index (χ0) is 21.8. The van der Waals surface area contributed by atoms with E-state index in [2.05, 4.69) is 16.0 Å². The Hall–Kier alpha value is -2.37. The highest BCUT2D eigenvalue weighted by Crippen LogP contribution is 2.37. The van der Waals surface area contributed by atoms with Crippen LogP contribution in [0.5, 0.6) is 0 Å². The summed E-state index contributed by atoms with van der Waals surface area (Å²) >= 11 is 0. The number of piperidine rings is 1. The van der Waals surface area contributed by atoms with Crippen LogP contribution in [0.15, 0.2) is 18.2 Å². The van der Waals surface area contributed by atoms with Gasteiger partial charge in [0.1, 0.15) is 6.54 Å². The average molecular weight is 432 g/mol. The van der Waals surface area contributed by atoms with E-state index in [1.165, 1.54) is 0 Å². The lowest BCUT2D eigenvalue weighted by Crippen LogP contribution is -2.60. The molecule has 3 aliphatic rings. The number of morpholine rings is 1. The number of hydrogen-bond donors (Lipinski definition) is 3. The fraction of sp³-hybridized carbons (Fsp3) is 0.571. The Kier molecular flexibility index (Phi) is 6.63. The topological polar surface area (TPSA) is 129 Å². The van der Waals surface area contributed by atoms with Crippen molar-refractivity contribution in [2.75, 3.05) is 44.8 Å². The van der Waals surface area contributed by atoms with E-state index < -0.39 is 28.4 Å². The van der Waals surface area contributed by atoms with Gasteiger partial charge in [-0.25, -0.2) is 4.79 Å². The zero-order valence-corrected chi connectivity index (χ0v) is 17.4. The number of carbonyl (C=O) groups excluding carboxylic acids is 3. The predicted octanol–water partition coefficient (Wildman–Crippen LogP) is 0.267. The van der Waals surface area contributed by atoms with E-state index in [0.717, 1.165) is 19.5 Å². The van der Waals surface area contributed by atoms with Gasteiger partial charge in [-0.15, -0.1) is 0 Å². The van der Waals surface area contributed by atoms with Crippen molar-refractivity contribution in [2.45, 2.75) is 38.0 Å². The van der Waals surface area contributed by atoms with E-state index in [1.54, 1.807) is 12.1 Å². The molecule has 4 rings (SSSR count). The van der Waals surface area contributed by atoms with Crippen LogP contribution in [0.2, 0.25) is 0 Å². The second kappa shape index (κ2) is 9.41. The van der Waals surface area contributed by atoms with Gasteiger partial charge in [0.2, 0.25) is 5.91 Å². The van der Waals surface area contributed by atoms with Gasteiger partial charge in [0.05, 0.1) is 24.9 Å². The quantitative estimate of drug-likeness (QED) is 0.231. The molecule has 3 heterocycles. The van der Waals surface area contributed by atoms with Crippen molar-refractivity contribution >= 4 is 23.4 Å². The summed E-state index contributed by atoms with van der Waals surface area (Å²) in [6.45, 7) is 3.98. The highest BCUT2D eigenvalue weighted by Gasteiger charge is 2.50. The molecule has 31 heavy (non-hydrogen) atoms. The number of hydroxylamine groups is 3. The summed E-state index contributed by atoms with van der Waals surface area (Å²) in [5.74, 6) is -1.71. The molecule has 2 fully saturated rings. The van der Waals surface area contributed by atoms with Gasteiger partial charge in [0.25, 0.3) is 5.91 Å². The lowest BCUT2D eigenvalue weighted by molar-refractivity contribution is -0.825. The van der Waals surface area contributed by atoms with E-state index in [9.17, 15) is 19.6 Å². The number of fused-ring (bicyclic) bond motifs is 1. The molecule has 0 spiro atoms. The number of rotatable bonds is 8. The van der Waals surface area contributed by atoms with Crippen LogP contribution in [0, 0.1) is 5.21 Å².